The summed E-state index contributed by atoms with van der Waals surface area (Å²) < 4.78 is 10.1. The van der Waals surface area contributed by atoms with Gasteiger partial charge in [-0.25, -0.2) is 4.79 Å². The van der Waals surface area contributed by atoms with Crippen LogP contribution >= 0.6 is 0 Å². The molecule has 1 N–H and O–H groups in total. The van der Waals surface area contributed by atoms with Crippen molar-refractivity contribution in [2.75, 3.05) is 25.1 Å². The molecular formula is C19H21NO4. The number of rotatable bonds is 8. The fourth-order valence-corrected chi connectivity index (χ4v) is 2.12. The Balaban J connectivity index is 1.59. The molecule has 0 saturated heterocycles. The van der Waals surface area contributed by atoms with Crippen molar-refractivity contribution in [2.45, 2.75) is 13.3 Å². The number of ether oxygens (including phenoxy) is 2. The molecule has 5 nitrogen and oxygen atoms in total. The molecule has 0 atom stereocenters. The fourth-order valence-electron chi connectivity index (χ4n) is 2.12. The van der Waals surface area contributed by atoms with E-state index in [2.05, 4.69) is 5.32 Å². The molecule has 0 fully saturated rings. The summed E-state index contributed by atoms with van der Waals surface area (Å²) in [6, 6.07) is 17.2. The molecule has 0 aromatic heterocycles. The largest absolute Gasteiger partial charge is 0.464 e. The molecule has 2 aromatic carbocycles. The van der Waals surface area contributed by atoms with Gasteiger partial charge in [0.1, 0.15) is 13.2 Å². The molecule has 0 saturated carbocycles. The van der Waals surface area contributed by atoms with Crippen LogP contribution in [0.2, 0.25) is 0 Å². The maximum Gasteiger partial charge on any atom is 0.332 e. The van der Waals surface area contributed by atoms with Crippen molar-refractivity contribution < 1.29 is 19.1 Å². The van der Waals surface area contributed by atoms with E-state index in [-0.39, 0.29) is 19.1 Å². The smallest absolute Gasteiger partial charge is 0.332 e. The Morgan fingerprint density at radius 1 is 1.00 bits per heavy atom. The van der Waals surface area contributed by atoms with Gasteiger partial charge in [0.15, 0.2) is 0 Å². The molecule has 126 valence electrons. The Hall–Kier alpha value is -2.66. The van der Waals surface area contributed by atoms with Gasteiger partial charge in [0.05, 0.1) is 6.61 Å². The maximum atomic E-state index is 11.7. The van der Waals surface area contributed by atoms with Crippen molar-refractivity contribution in [3.05, 3.63) is 65.7 Å². The third-order valence-corrected chi connectivity index (χ3v) is 3.25. The van der Waals surface area contributed by atoms with Crippen LogP contribution < -0.4 is 5.32 Å². The van der Waals surface area contributed by atoms with Crippen molar-refractivity contribution in [3.8, 4) is 0 Å². The number of carbonyl (C=O) groups is 2. The highest BCUT2D eigenvalue weighted by molar-refractivity contribution is 5.91. The van der Waals surface area contributed by atoms with E-state index >= 15 is 0 Å². The Bertz CT molecular complexity index is 670. The summed E-state index contributed by atoms with van der Waals surface area (Å²) in [4.78, 5) is 23.3. The average molecular weight is 327 g/mol. The van der Waals surface area contributed by atoms with Crippen LogP contribution in [-0.2, 0) is 25.5 Å². The topological polar surface area (TPSA) is 64.6 Å². The van der Waals surface area contributed by atoms with Gasteiger partial charge in [-0.1, -0.05) is 42.5 Å². The Labute approximate surface area is 141 Å². The fraction of sp³-hybridized carbons (Fsp3) is 0.263. The molecule has 0 radical (unpaired) electrons. The van der Waals surface area contributed by atoms with Crippen molar-refractivity contribution in [2.24, 2.45) is 0 Å². The van der Waals surface area contributed by atoms with Crippen LogP contribution in [0.5, 0.6) is 0 Å². The summed E-state index contributed by atoms with van der Waals surface area (Å²) in [5.74, 6) is -0.785. The lowest BCUT2D eigenvalue weighted by Gasteiger charge is -2.07. The molecule has 0 heterocycles. The summed E-state index contributed by atoms with van der Waals surface area (Å²) >= 11 is 0. The highest BCUT2D eigenvalue weighted by Crippen LogP contribution is 2.09. The summed E-state index contributed by atoms with van der Waals surface area (Å²) in [6.07, 6.45) is 0.653. The normalized spacial score (nSPS) is 10.2. The van der Waals surface area contributed by atoms with Crippen LogP contribution in [0.15, 0.2) is 54.6 Å². The molecular weight excluding hydrogens is 306 g/mol. The van der Waals surface area contributed by atoms with Crippen molar-refractivity contribution in [1.29, 1.82) is 0 Å². The van der Waals surface area contributed by atoms with Crippen LogP contribution in [0.1, 0.15) is 11.1 Å². The maximum absolute atomic E-state index is 11.7. The minimum Gasteiger partial charge on any atom is -0.464 e. The molecule has 0 aliphatic rings. The number of benzene rings is 2. The third-order valence-electron chi connectivity index (χ3n) is 3.25. The first-order valence-corrected chi connectivity index (χ1v) is 7.77. The highest BCUT2D eigenvalue weighted by Gasteiger charge is 2.07. The van der Waals surface area contributed by atoms with Crippen LogP contribution in [0.25, 0.3) is 0 Å². The molecule has 0 aliphatic carbocycles. The van der Waals surface area contributed by atoms with Gasteiger partial charge in [-0.3, -0.25) is 4.79 Å². The zero-order valence-corrected chi connectivity index (χ0v) is 13.7. The highest BCUT2D eigenvalue weighted by atomic mass is 16.6. The van der Waals surface area contributed by atoms with Crippen molar-refractivity contribution in [1.82, 2.24) is 0 Å². The molecule has 0 aliphatic heterocycles. The number of hydrogen-bond acceptors (Lipinski definition) is 4. The van der Waals surface area contributed by atoms with Crippen LogP contribution in [0.3, 0.4) is 0 Å². The predicted molar refractivity (Wildman–Crippen MR) is 91.7 cm³/mol. The van der Waals surface area contributed by atoms with E-state index in [4.69, 9.17) is 9.47 Å². The van der Waals surface area contributed by atoms with E-state index in [1.54, 1.807) is 6.07 Å². The first kappa shape index (κ1) is 17.7. The molecule has 5 heteroatoms. The number of esters is 1. The second kappa shape index (κ2) is 9.47. The molecule has 24 heavy (non-hydrogen) atoms. The van der Waals surface area contributed by atoms with Crippen LogP contribution in [0.4, 0.5) is 5.69 Å². The zero-order valence-electron chi connectivity index (χ0n) is 13.7. The lowest BCUT2D eigenvalue weighted by atomic mass is 10.2. The summed E-state index contributed by atoms with van der Waals surface area (Å²) in [7, 11) is 0. The van der Waals surface area contributed by atoms with Crippen molar-refractivity contribution in [3.63, 3.8) is 0 Å². The van der Waals surface area contributed by atoms with Crippen LogP contribution in [0, 0.1) is 6.92 Å². The SMILES string of the molecule is Cc1cccc(NC(=O)COCC(=O)OCCc2ccccc2)c1. The minimum atomic E-state index is -0.478. The monoisotopic (exact) mass is 327 g/mol. The van der Waals surface area contributed by atoms with E-state index in [9.17, 15) is 9.59 Å². The van der Waals surface area contributed by atoms with Gasteiger partial charge in [0.2, 0.25) is 5.91 Å². The lowest BCUT2D eigenvalue weighted by Crippen LogP contribution is -2.22. The van der Waals surface area contributed by atoms with E-state index in [0.29, 0.717) is 18.7 Å². The Morgan fingerprint density at radius 2 is 1.79 bits per heavy atom. The second-order valence-electron chi connectivity index (χ2n) is 5.37. The number of aryl methyl sites for hydroxylation is 1. The molecule has 0 unspecified atom stereocenters. The summed E-state index contributed by atoms with van der Waals surface area (Å²) in [6.45, 7) is 1.80. The number of carbonyl (C=O) groups excluding carboxylic acids is 2. The molecule has 2 rings (SSSR count). The molecule has 0 spiro atoms. The molecule has 0 bridgehead atoms. The van der Waals surface area contributed by atoms with Crippen LogP contribution in [-0.4, -0.2) is 31.7 Å². The van der Waals surface area contributed by atoms with Gasteiger partial charge in [0, 0.05) is 12.1 Å². The van der Waals surface area contributed by atoms with Crippen molar-refractivity contribution >= 4 is 17.6 Å². The summed E-state index contributed by atoms with van der Waals surface area (Å²) in [5.41, 5.74) is 2.86. The van der Waals surface area contributed by atoms with E-state index in [1.807, 2.05) is 55.5 Å². The summed E-state index contributed by atoms with van der Waals surface area (Å²) in [5, 5.41) is 2.71. The van der Waals surface area contributed by atoms with E-state index in [0.717, 1.165) is 11.1 Å². The number of anilines is 1. The number of nitrogens with one attached hydrogen (secondary N) is 1. The van der Waals surface area contributed by atoms with Gasteiger partial charge in [-0.05, 0) is 30.2 Å². The Kier molecular flexibility index (Phi) is 6.98. The predicted octanol–water partition coefficient (Wildman–Crippen LogP) is 2.74. The van der Waals surface area contributed by atoms with Gasteiger partial charge in [-0.15, -0.1) is 0 Å². The quantitative estimate of drug-likeness (QED) is 0.757. The standard InChI is InChI=1S/C19H21NO4/c1-15-6-5-9-17(12-15)20-18(21)13-23-14-19(22)24-11-10-16-7-3-2-4-8-16/h2-9,12H,10-11,13-14H2,1H3,(H,20,21). The van der Waals surface area contributed by atoms with E-state index in [1.165, 1.54) is 0 Å². The number of hydrogen-bond donors (Lipinski definition) is 1. The molecule has 1 amide bonds. The third kappa shape index (κ3) is 6.62. The first-order valence-electron chi connectivity index (χ1n) is 7.77. The van der Waals surface area contributed by atoms with Gasteiger partial charge >= 0.3 is 5.97 Å². The lowest BCUT2D eigenvalue weighted by molar-refractivity contribution is -0.149. The molecule has 2 aromatic rings. The number of amides is 1. The average Bonchev–Trinajstić information content (AvgIpc) is 2.56. The first-order chi connectivity index (χ1) is 11.6. The van der Waals surface area contributed by atoms with Gasteiger partial charge in [-0.2, -0.15) is 0 Å². The zero-order chi connectivity index (χ0) is 17.2. The van der Waals surface area contributed by atoms with Gasteiger partial charge < -0.3 is 14.8 Å². The second-order valence-corrected chi connectivity index (χ2v) is 5.37. The minimum absolute atomic E-state index is 0.193. The Morgan fingerprint density at radius 3 is 2.54 bits per heavy atom. The van der Waals surface area contributed by atoms with E-state index < -0.39 is 5.97 Å². The van der Waals surface area contributed by atoms with Gasteiger partial charge in [0.25, 0.3) is 0 Å².